The lowest BCUT2D eigenvalue weighted by molar-refractivity contribution is -0.921. The van der Waals surface area contributed by atoms with Crippen LogP contribution in [0.1, 0.15) is 21.7 Å². The lowest BCUT2D eigenvalue weighted by atomic mass is 10.2. The number of nitrogens with two attached hydrogens (primary N) is 1. The largest absolute Gasteiger partial charge is 0.871 e. The molecule has 4 rings (SSSR count). The van der Waals surface area contributed by atoms with Crippen LogP contribution in [0.3, 0.4) is 0 Å². The second kappa shape index (κ2) is 9.82. The topological polar surface area (TPSA) is 194 Å². The van der Waals surface area contributed by atoms with Gasteiger partial charge in [-0.25, -0.2) is 10.1 Å². The molecule has 0 bridgehead atoms. The van der Waals surface area contributed by atoms with Crippen molar-refractivity contribution in [3.05, 3.63) is 32.0 Å². The van der Waals surface area contributed by atoms with E-state index in [4.69, 9.17) is 10.5 Å². The number of phenolic OH excluding ortho intramolecular Hbond substituents is 1. The number of ether oxygens (including phenoxy) is 1. The maximum Gasteiger partial charge on any atom is 0.294 e. The zero-order valence-corrected chi connectivity index (χ0v) is 20.0. The number of quaternary nitrogens is 1. The predicted octanol–water partition coefficient (Wildman–Crippen LogP) is -1.28. The zero-order valence-electron chi connectivity index (χ0n) is 16.8. The van der Waals surface area contributed by atoms with Crippen LogP contribution in [0.15, 0.2) is 24.7 Å². The number of aromatic hydroxyl groups is 1. The molecule has 174 valence electrons. The van der Waals surface area contributed by atoms with Gasteiger partial charge in [0.05, 0.1) is 23.9 Å². The molecule has 2 aromatic heterocycles. The van der Waals surface area contributed by atoms with Gasteiger partial charge in [0.25, 0.3) is 5.91 Å². The third kappa shape index (κ3) is 4.82. The number of halogens is 2. The second-order valence-corrected chi connectivity index (χ2v) is 8.59. The minimum absolute atomic E-state index is 0.00319. The van der Waals surface area contributed by atoms with E-state index in [0.717, 1.165) is 18.0 Å². The molecule has 3 aromatic rings. The van der Waals surface area contributed by atoms with E-state index < -0.39 is 11.7 Å². The van der Waals surface area contributed by atoms with Crippen molar-refractivity contribution >= 4 is 49.8 Å². The van der Waals surface area contributed by atoms with Crippen LogP contribution in [0.2, 0.25) is 0 Å². The predicted molar refractivity (Wildman–Crippen MR) is 117 cm³/mol. The third-order valence-electron chi connectivity index (χ3n) is 4.84. The molecule has 1 aromatic carbocycles. The summed E-state index contributed by atoms with van der Waals surface area (Å²) in [5, 5.41) is 41.0. The Morgan fingerprint density at radius 3 is 2.85 bits per heavy atom. The minimum Gasteiger partial charge on any atom is -0.871 e. The van der Waals surface area contributed by atoms with Gasteiger partial charge in [-0.05, 0) is 32.3 Å². The molecule has 0 atom stereocenters. The van der Waals surface area contributed by atoms with Gasteiger partial charge in [-0.15, -0.1) is 5.10 Å². The Hall–Kier alpha value is -3.08. The summed E-state index contributed by atoms with van der Waals surface area (Å²) < 4.78 is 11.5. The van der Waals surface area contributed by atoms with Gasteiger partial charge in [0, 0.05) is 10.0 Å². The van der Waals surface area contributed by atoms with E-state index in [1.165, 1.54) is 17.0 Å². The van der Waals surface area contributed by atoms with E-state index in [1.807, 2.05) is 0 Å². The van der Waals surface area contributed by atoms with Crippen molar-refractivity contribution in [2.24, 2.45) is 5.10 Å². The van der Waals surface area contributed by atoms with Crippen molar-refractivity contribution in [2.45, 2.75) is 6.54 Å². The highest BCUT2D eigenvalue weighted by molar-refractivity contribution is 9.11. The van der Waals surface area contributed by atoms with E-state index in [9.17, 15) is 15.0 Å². The first-order valence-corrected chi connectivity index (χ1v) is 11.1. The van der Waals surface area contributed by atoms with Gasteiger partial charge in [-0.2, -0.15) is 9.78 Å². The van der Waals surface area contributed by atoms with Crippen molar-refractivity contribution in [3.8, 4) is 17.3 Å². The van der Waals surface area contributed by atoms with Crippen molar-refractivity contribution in [2.75, 3.05) is 32.0 Å². The second-order valence-electron chi connectivity index (χ2n) is 6.95. The Labute approximate surface area is 202 Å². The average molecular weight is 587 g/mol. The lowest BCUT2D eigenvalue weighted by Crippen LogP contribution is -3.12. The SMILES string of the molecule is Nc1nonc1-n1nnc(C(=O)N/N=C/c2cc(Br)c([O-])c(Br)c2O)c1C[NH+]1CCOCC1. The van der Waals surface area contributed by atoms with Crippen molar-refractivity contribution in [1.29, 1.82) is 0 Å². The normalized spacial score (nSPS) is 14.7. The van der Waals surface area contributed by atoms with Crippen LogP contribution in [0, 0.1) is 0 Å². The van der Waals surface area contributed by atoms with Gasteiger partial charge >= 0.3 is 0 Å². The molecule has 1 saturated heterocycles. The third-order valence-corrected chi connectivity index (χ3v) is 6.17. The number of hydrogen-bond acceptors (Lipinski definition) is 11. The molecule has 1 fully saturated rings. The monoisotopic (exact) mass is 585 g/mol. The number of benzene rings is 1. The van der Waals surface area contributed by atoms with E-state index in [2.05, 4.69) is 67.6 Å². The molecule has 16 heteroatoms. The van der Waals surface area contributed by atoms with Gasteiger partial charge in [0.2, 0.25) is 11.6 Å². The molecule has 33 heavy (non-hydrogen) atoms. The summed E-state index contributed by atoms with van der Waals surface area (Å²) in [6, 6.07) is 1.38. The first kappa shape index (κ1) is 23.1. The molecule has 1 amide bonds. The van der Waals surface area contributed by atoms with Gasteiger partial charge in [-0.3, -0.25) is 4.79 Å². The maximum absolute atomic E-state index is 12.8. The van der Waals surface area contributed by atoms with E-state index in [-0.39, 0.29) is 37.6 Å². The standard InChI is InChI=1S/C17H17Br2N9O5/c18-9-5-8(13(29)11(19)14(9)30)6-21-23-17(31)12-10(7-27-1-3-32-4-2-27)28(26-22-12)16-15(20)24-33-25-16/h5-6,29-30H,1-4,7H2,(H2,20,24)(H,23,31)/b21-6+. The molecule has 1 aliphatic rings. The fourth-order valence-corrected chi connectivity index (χ4v) is 4.29. The number of anilines is 1. The smallest absolute Gasteiger partial charge is 0.294 e. The molecule has 0 saturated carbocycles. The van der Waals surface area contributed by atoms with Crippen LogP contribution in [-0.4, -0.2) is 68.8 Å². The summed E-state index contributed by atoms with van der Waals surface area (Å²) in [4.78, 5) is 14.0. The summed E-state index contributed by atoms with van der Waals surface area (Å²) in [6.45, 7) is 3.03. The zero-order chi connectivity index (χ0) is 23.5. The number of carbonyl (C=O) groups is 1. The Morgan fingerprint density at radius 2 is 2.15 bits per heavy atom. The van der Waals surface area contributed by atoms with Crippen molar-refractivity contribution in [1.82, 2.24) is 30.7 Å². The minimum atomic E-state index is -0.645. The Bertz CT molecular complexity index is 1210. The number of carbonyl (C=O) groups excluding carboxylic acids is 1. The number of phenols is 1. The average Bonchev–Trinajstić information content (AvgIpc) is 3.42. The molecule has 3 heterocycles. The van der Waals surface area contributed by atoms with Gasteiger partial charge in [0.15, 0.2) is 5.69 Å². The molecule has 5 N–H and O–H groups in total. The molecule has 0 unspecified atom stereocenters. The van der Waals surface area contributed by atoms with Crippen LogP contribution < -0.4 is 21.2 Å². The molecule has 0 radical (unpaired) electrons. The van der Waals surface area contributed by atoms with Gasteiger partial charge < -0.3 is 25.6 Å². The summed E-state index contributed by atoms with van der Waals surface area (Å²) >= 11 is 6.13. The summed E-state index contributed by atoms with van der Waals surface area (Å²) in [6.07, 6.45) is 1.19. The van der Waals surface area contributed by atoms with Crippen LogP contribution in [-0.2, 0) is 11.3 Å². The molecule has 0 aliphatic carbocycles. The summed E-state index contributed by atoms with van der Waals surface area (Å²) in [5.74, 6) is -1.25. The molecule has 0 spiro atoms. The number of aromatic nitrogens is 5. The van der Waals surface area contributed by atoms with Gasteiger partial charge in [-0.1, -0.05) is 26.9 Å². The van der Waals surface area contributed by atoms with Crippen LogP contribution in [0.5, 0.6) is 11.5 Å². The first-order chi connectivity index (χ1) is 15.9. The number of nitrogens with zero attached hydrogens (tertiary/aromatic N) is 6. The van der Waals surface area contributed by atoms with E-state index in [0.29, 0.717) is 25.5 Å². The van der Waals surface area contributed by atoms with Crippen molar-refractivity contribution < 1.29 is 29.3 Å². The highest BCUT2D eigenvalue weighted by atomic mass is 79.9. The number of hydrogen-bond donors (Lipinski definition) is 4. The maximum atomic E-state index is 12.8. The highest BCUT2D eigenvalue weighted by Gasteiger charge is 2.28. The van der Waals surface area contributed by atoms with E-state index >= 15 is 0 Å². The first-order valence-electron chi connectivity index (χ1n) is 9.52. The van der Waals surface area contributed by atoms with Gasteiger partial charge in [0.1, 0.15) is 31.1 Å². The lowest BCUT2D eigenvalue weighted by Gasteiger charge is -2.23. The number of rotatable bonds is 6. The number of amides is 1. The fourth-order valence-electron chi connectivity index (χ4n) is 3.14. The fraction of sp³-hybridized carbons (Fsp3) is 0.294. The van der Waals surface area contributed by atoms with Crippen molar-refractivity contribution in [3.63, 3.8) is 0 Å². The number of morpholine rings is 1. The highest BCUT2D eigenvalue weighted by Crippen LogP contribution is 2.38. The Morgan fingerprint density at radius 1 is 1.39 bits per heavy atom. The van der Waals surface area contributed by atoms with Crippen LogP contribution in [0.4, 0.5) is 5.82 Å². The number of nitrogen functional groups attached to an aromatic ring is 1. The molecular formula is C17H17Br2N9O5. The molecule has 14 nitrogen and oxygen atoms in total. The summed E-state index contributed by atoms with van der Waals surface area (Å²) in [5.41, 5.74) is 8.79. The molecule has 1 aliphatic heterocycles. The molecular weight excluding hydrogens is 570 g/mol. The quantitative estimate of drug-likeness (QED) is 0.199. The van der Waals surface area contributed by atoms with E-state index in [1.54, 1.807) is 0 Å². The summed E-state index contributed by atoms with van der Waals surface area (Å²) in [7, 11) is 0. The Balaban J connectivity index is 1.59. The number of nitrogens with one attached hydrogen (secondary N) is 2. The van der Waals surface area contributed by atoms with Crippen LogP contribution in [0.25, 0.3) is 5.82 Å². The Kier molecular flexibility index (Phi) is 6.87. The number of hydrazone groups is 1. The van der Waals surface area contributed by atoms with Crippen LogP contribution >= 0.6 is 31.9 Å².